The third-order valence-corrected chi connectivity index (χ3v) is 6.10. The summed E-state index contributed by atoms with van der Waals surface area (Å²) in [6, 6.07) is 16.1. The Kier molecular flexibility index (Phi) is 4.92. The van der Waals surface area contributed by atoms with Gasteiger partial charge in [0.05, 0.1) is 0 Å². The van der Waals surface area contributed by atoms with Crippen molar-refractivity contribution in [3.63, 3.8) is 0 Å². The van der Waals surface area contributed by atoms with Gasteiger partial charge in [0.25, 0.3) is 0 Å². The highest BCUT2D eigenvalue weighted by molar-refractivity contribution is 5.73. The van der Waals surface area contributed by atoms with Gasteiger partial charge in [0.2, 0.25) is 5.91 Å². The zero-order valence-electron chi connectivity index (χ0n) is 16.0. The van der Waals surface area contributed by atoms with Gasteiger partial charge in [0.15, 0.2) is 0 Å². The molecule has 0 aliphatic carbocycles. The molecule has 1 unspecified atom stereocenters. The van der Waals surface area contributed by atoms with E-state index in [4.69, 9.17) is 0 Å². The maximum absolute atomic E-state index is 12.3. The Hall–Kier alpha value is -2.33. The summed E-state index contributed by atoms with van der Waals surface area (Å²) in [6.07, 6.45) is 3.36. The summed E-state index contributed by atoms with van der Waals surface area (Å²) in [7, 11) is 0. The van der Waals surface area contributed by atoms with Crippen molar-refractivity contribution in [1.82, 2.24) is 9.80 Å². The van der Waals surface area contributed by atoms with Crippen LogP contribution < -0.4 is 0 Å². The van der Waals surface area contributed by atoms with Gasteiger partial charge in [-0.25, -0.2) is 0 Å². The minimum atomic E-state index is 0.118. The molecule has 1 atom stereocenters. The van der Waals surface area contributed by atoms with Gasteiger partial charge in [0, 0.05) is 38.5 Å². The first-order valence-corrected chi connectivity index (χ1v) is 9.86. The van der Waals surface area contributed by atoms with Gasteiger partial charge in [-0.05, 0) is 54.6 Å². The molecule has 1 spiro atoms. The Morgan fingerprint density at radius 1 is 1.07 bits per heavy atom. The molecule has 1 saturated heterocycles. The summed E-state index contributed by atoms with van der Waals surface area (Å²) < 4.78 is 0. The molecule has 1 amide bonds. The van der Waals surface area contributed by atoms with Crippen LogP contribution in [0.15, 0.2) is 48.5 Å². The third kappa shape index (κ3) is 4.01. The lowest BCUT2D eigenvalue weighted by Gasteiger charge is -2.44. The molecule has 0 radical (unpaired) electrons. The van der Waals surface area contributed by atoms with Crippen molar-refractivity contribution >= 4 is 5.91 Å². The summed E-state index contributed by atoms with van der Waals surface area (Å²) in [6.45, 7) is 6.24. The molecule has 2 aromatic rings. The lowest BCUT2D eigenvalue weighted by molar-refractivity contribution is -0.131. The number of phenols is 1. The Morgan fingerprint density at radius 3 is 2.56 bits per heavy atom. The number of piperidine rings is 1. The maximum Gasteiger partial charge on any atom is 0.219 e. The van der Waals surface area contributed by atoms with Crippen molar-refractivity contribution in [3.8, 4) is 5.75 Å². The second-order valence-electron chi connectivity index (χ2n) is 8.30. The largest absolute Gasteiger partial charge is 0.508 e. The first-order chi connectivity index (χ1) is 13.0. The summed E-state index contributed by atoms with van der Waals surface area (Å²) >= 11 is 0. The number of benzene rings is 2. The molecular formula is C23H28N2O2. The van der Waals surface area contributed by atoms with Gasteiger partial charge in [-0.2, -0.15) is 0 Å². The number of hydrogen-bond donors (Lipinski definition) is 1. The van der Waals surface area contributed by atoms with E-state index in [-0.39, 0.29) is 11.3 Å². The summed E-state index contributed by atoms with van der Waals surface area (Å²) in [4.78, 5) is 16.8. The first-order valence-electron chi connectivity index (χ1n) is 9.86. The number of phenolic OH excluding ortho intramolecular Hbond substituents is 1. The van der Waals surface area contributed by atoms with E-state index in [1.165, 1.54) is 16.7 Å². The number of carbonyl (C=O) groups excluding carboxylic acids is 1. The van der Waals surface area contributed by atoms with Gasteiger partial charge < -0.3 is 10.0 Å². The zero-order valence-corrected chi connectivity index (χ0v) is 16.0. The van der Waals surface area contributed by atoms with E-state index < -0.39 is 0 Å². The average molecular weight is 364 g/mol. The molecule has 1 fully saturated rings. The van der Waals surface area contributed by atoms with Crippen LogP contribution in [0, 0.1) is 5.41 Å². The summed E-state index contributed by atoms with van der Waals surface area (Å²) in [5.74, 6) is 0.480. The second-order valence-corrected chi connectivity index (χ2v) is 8.30. The van der Waals surface area contributed by atoms with Crippen LogP contribution >= 0.6 is 0 Å². The molecule has 4 heteroatoms. The van der Waals surface area contributed by atoms with Crippen LogP contribution in [0.1, 0.15) is 36.5 Å². The van der Waals surface area contributed by atoms with Crippen LogP contribution in [0.2, 0.25) is 0 Å². The Bertz CT molecular complexity index is 817. The maximum atomic E-state index is 12.3. The minimum absolute atomic E-state index is 0.118. The van der Waals surface area contributed by atoms with E-state index in [0.29, 0.717) is 5.75 Å². The van der Waals surface area contributed by atoms with Crippen LogP contribution in [-0.4, -0.2) is 40.4 Å². The number of aromatic hydroxyl groups is 1. The van der Waals surface area contributed by atoms with Gasteiger partial charge in [0.1, 0.15) is 5.75 Å². The number of fused-ring (bicyclic) bond motifs is 1. The molecule has 2 aromatic carbocycles. The van der Waals surface area contributed by atoms with Crippen molar-refractivity contribution in [3.05, 3.63) is 65.2 Å². The van der Waals surface area contributed by atoms with Crippen molar-refractivity contribution in [2.45, 2.75) is 39.3 Å². The molecule has 0 bridgehead atoms. The van der Waals surface area contributed by atoms with Crippen LogP contribution in [0.25, 0.3) is 0 Å². The highest BCUT2D eigenvalue weighted by Crippen LogP contribution is 2.38. The van der Waals surface area contributed by atoms with E-state index in [1.54, 1.807) is 19.1 Å². The van der Waals surface area contributed by atoms with Gasteiger partial charge >= 0.3 is 0 Å². The highest BCUT2D eigenvalue weighted by atomic mass is 16.3. The molecule has 142 valence electrons. The second kappa shape index (κ2) is 7.35. The van der Waals surface area contributed by atoms with E-state index in [0.717, 1.165) is 52.0 Å². The molecular weight excluding hydrogens is 336 g/mol. The topological polar surface area (TPSA) is 43.8 Å². The van der Waals surface area contributed by atoms with Gasteiger partial charge in [-0.15, -0.1) is 0 Å². The van der Waals surface area contributed by atoms with Crippen molar-refractivity contribution in [2.24, 2.45) is 5.41 Å². The summed E-state index contributed by atoms with van der Waals surface area (Å²) in [5, 5.41) is 9.52. The summed E-state index contributed by atoms with van der Waals surface area (Å²) in [5.41, 5.74) is 4.03. The van der Waals surface area contributed by atoms with E-state index >= 15 is 0 Å². The minimum Gasteiger partial charge on any atom is -0.508 e. The van der Waals surface area contributed by atoms with E-state index in [2.05, 4.69) is 29.2 Å². The fourth-order valence-corrected chi connectivity index (χ4v) is 4.81. The van der Waals surface area contributed by atoms with Gasteiger partial charge in [-0.1, -0.05) is 36.4 Å². The van der Waals surface area contributed by atoms with Crippen LogP contribution in [0.4, 0.5) is 0 Å². The normalized spacial score (nSPS) is 23.1. The zero-order chi connectivity index (χ0) is 18.9. The number of nitrogens with zero attached hydrogens (tertiary/aromatic N) is 2. The number of rotatable bonds is 2. The Balaban J connectivity index is 1.58. The molecule has 2 aliphatic heterocycles. The molecule has 0 saturated carbocycles. The number of hydrogen-bond acceptors (Lipinski definition) is 3. The number of likely N-dealkylation sites (tertiary alicyclic amines) is 1. The van der Waals surface area contributed by atoms with Crippen LogP contribution in [-0.2, 0) is 24.3 Å². The molecule has 1 N–H and O–H groups in total. The lowest BCUT2D eigenvalue weighted by atomic mass is 9.74. The Morgan fingerprint density at radius 2 is 1.81 bits per heavy atom. The molecule has 4 nitrogen and oxygen atoms in total. The smallest absolute Gasteiger partial charge is 0.219 e. The SMILES string of the molecule is CC(=O)N1Cc2ccccc2CC2(CCCN(Cc3ccc(O)cc3)C2)C1. The van der Waals surface area contributed by atoms with E-state index in [1.807, 2.05) is 17.0 Å². The predicted molar refractivity (Wildman–Crippen MR) is 106 cm³/mol. The van der Waals surface area contributed by atoms with Crippen LogP contribution in [0.3, 0.4) is 0 Å². The third-order valence-electron chi connectivity index (χ3n) is 6.10. The monoisotopic (exact) mass is 364 g/mol. The highest BCUT2D eigenvalue weighted by Gasteiger charge is 2.40. The quantitative estimate of drug-likeness (QED) is 0.886. The molecule has 4 rings (SSSR count). The number of amides is 1. The fraction of sp³-hybridized carbons (Fsp3) is 0.435. The molecule has 27 heavy (non-hydrogen) atoms. The van der Waals surface area contributed by atoms with E-state index in [9.17, 15) is 9.90 Å². The fourth-order valence-electron chi connectivity index (χ4n) is 4.81. The van der Waals surface area contributed by atoms with Crippen LogP contribution in [0.5, 0.6) is 5.75 Å². The van der Waals surface area contributed by atoms with Crippen molar-refractivity contribution < 1.29 is 9.90 Å². The predicted octanol–water partition coefficient (Wildman–Crippen LogP) is 3.58. The molecule has 2 aliphatic rings. The lowest BCUT2D eigenvalue weighted by Crippen LogP contribution is -2.49. The van der Waals surface area contributed by atoms with Crippen molar-refractivity contribution in [1.29, 1.82) is 0 Å². The van der Waals surface area contributed by atoms with Gasteiger partial charge in [-0.3, -0.25) is 9.69 Å². The standard InChI is InChI=1S/C23H28N2O2/c1-18(26)25-15-21-6-3-2-5-20(21)13-23(17-25)11-4-12-24(16-23)14-19-7-9-22(27)10-8-19/h2-3,5-10,27H,4,11-17H2,1H3. The molecule has 2 heterocycles. The first kappa shape index (κ1) is 18.1. The Labute approximate surface area is 161 Å². The average Bonchev–Trinajstić information content (AvgIpc) is 2.80. The van der Waals surface area contributed by atoms with Crippen molar-refractivity contribution in [2.75, 3.05) is 19.6 Å². The number of carbonyl (C=O) groups is 1. The molecule has 0 aromatic heterocycles.